The highest BCUT2D eigenvalue weighted by molar-refractivity contribution is 7.11. The monoisotopic (exact) mass is 550 g/mol. The Labute approximate surface area is 240 Å². The Bertz CT molecular complexity index is 1930. The van der Waals surface area contributed by atoms with E-state index < -0.39 is 0 Å². The fraction of sp³-hybridized carbons (Fsp3) is 0. The highest BCUT2D eigenvalue weighted by Crippen LogP contribution is 2.33. The molecule has 0 bridgehead atoms. The van der Waals surface area contributed by atoms with Crippen molar-refractivity contribution in [3.05, 3.63) is 143 Å². The molecule has 0 fully saturated rings. The molecular weight excluding hydrogens is 528 g/mol. The van der Waals surface area contributed by atoms with Crippen molar-refractivity contribution in [2.24, 2.45) is 4.99 Å². The fourth-order valence-corrected chi connectivity index (χ4v) is 5.11. The van der Waals surface area contributed by atoms with Crippen molar-refractivity contribution < 1.29 is 4.79 Å². The maximum atomic E-state index is 13.2. The van der Waals surface area contributed by atoms with Gasteiger partial charge in [-0.1, -0.05) is 108 Å². The maximum absolute atomic E-state index is 13.2. The number of carbonyl (C=O) groups excluding carboxylic acids is 1. The van der Waals surface area contributed by atoms with Crippen molar-refractivity contribution in [3.8, 4) is 34.1 Å². The summed E-state index contributed by atoms with van der Waals surface area (Å²) < 4.78 is 1.60. The van der Waals surface area contributed by atoms with Crippen LogP contribution >= 0.6 is 11.3 Å². The number of anilines is 1. The summed E-state index contributed by atoms with van der Waals surface area (Å²) >= 11 is 1.12. The van der Waals surface area contributed by atoms with Crippen molar-refractivity contribution in [1.82, 2.24) is 14.8 Å². The zero-order valence-electron chi connectivity index (χ0n) is 21.7. The molecule has 0 unspecified atom stereocenters. The van der Waals surface area contributed by atoms with E-state index >= 15 is 0 Å². The summed E-state index contributed by atoms with van der Waals surface area (Å²) in [5.41, 5.74) is 4.89. The predicted octanol–water partition coefficient (Wildman–Crippen LogP) is 7.02. The minimum Gasteiger partial charge on any atom is -0.320 e. The number of para-hydroxylation sites is 2. The van der Waals surface area contributed by atoms with Crippen LogP contribution in [-0.2, 0) is 0 Å². The minimum absolute atomic E-state index is 0.220. The molecule has 196 valence electrons. The summed E-state index contributed by atoms with van der Waals surface area (Å²) in [6.45, 7) is 0. The number of nitriles is 1. The molecule has 41 heavy (non-hydrogen) atoms. The van der Waals surface area contributed by atoms with E-state index in [0.717, 1.165) is 33.7 Å². The molecule has 1 N–H and O–H groups in total. The number of nitrogens with one attached hydrogen (secondary N) is 1. The van der Waals surface area contributed by atoms with Gasteiger partial charge in [-0.05, 0) is 35.9 Å². The van der Waals surface area contributed by atoms with Crippen molar-refractivity contribution in [1.29, 1.82) is 5.26 Å². The minimum atomic E-state index is -0.358. The first kappa shape index (κ1) is 25.6. The summed E-state index contributed by atoms with van der Waals surface area (Å²) in [6.07, 6.45) is 0. The lowest BCUT2D eigenvalue weighted by atomic mass is 9.98. The van der Waals surface area contributed by atoms with E-state index in [9.17, 15) is 10.1 Å². The Morgan fingerprint density at radius 1 is 0.805 bits per heavy atom. The van der Waals surface area contributed by atoms with Crippen LogP contribution in [0.5, 0.6) is 0 Å². The topological polar surface area (TPSA) is 96.0 Å². The molecule has 4 aromatic carbocycles. The second kappa shape index (κ2) is 11.6. The van der Waals surface area contributed by atoms with Crippen molar-refractivity contribution >= 4 is 28.7 Å². The van der Waals surface area contributed by atoms with E-state index in [1.165, 1.54) is 0 Å². The molecule has 0 spiro atoms. The highest BCUT2D eigenvalue weighted by Gasteiger charge is 2.18. The third kappa shape index (κ3) is 5.57. The number of benzene rings is 4. The molecule has 8 heteroatoms. The average Bonchev–Trinajstić information content (AvgIpc) is 3.46. The molecule has 0 aliphatic carbocycles. The van der Waals surface area contributed by atoms with E-state index in [0.29, 0.717) is 21.7 Å². The van der Waals surface area contributed by atoms with Gasteiger partial charge in [-0.3, -0.25) is 4.79 Å². The van der Waals surface area contributed by atoms with Crippen LogP contribution in [-0.4, -0.2) is 20.7 Å². The first-order valence-corrected chi connectivity index (χ1v) is 13.6. The Balaban J connectivity index is 1.56. The molecule has 6 aromatic rings. The maximum Gasteiger partial charge on any atom is 0.286 e. The van der Waals surface area contributed by atoms with Gasteiger partial charge in [0.05, 0.1) is 11.4 Å². The average molecular weight is 551 g/mol. The van der Waals surface area contributed by atoms with Crippen LogP contribution in [0.15, 0.2) is 132 Å². The number of hydrogen-bond acceptors (Lipinski definition) is 6. The Hall–Kier alpha value is -5.65. The van der Waals surface area contributed by atoms with E-state index in [-0.39, 0.29) is 16.7 Å². The molecule has 0 aliphatic rings. The van der Waals surface area contributed by atoms with Crippen molar-refractivity contribution in [2.45, 2.75) is 0 Å². The lowest BCUT2D eigenvalue weighted by Crippen LogP contribution is -2.15. The van der Waals surface area contributed by atoms with Crippen LogP contribution in [0, 0.1) is 11.3 Å². The first-order chi connectivity index (χ1) is 20.2. The van der Waals surface area contributed by atoms with Gasteiger partial charge in [0.25, 0.3) is 5.91 Å². The number of pyridine rings is 1. The second-order valence-electron chi connectivity index (χ2n) is 8.97. The predicted molar refractivity (Wildman–Crippen MR) is 161 cm³/mol. The van der Waals surface area contributed by atoms with Crippen LogP contribution in [0.1, 0.15) is 15.4 Å². The third-order valence-corrected chi connectivity index (χ3v) is 7.16. The summed E-state index contributed by atoms with van der Waals surface area (Å²) in [6, 6.07) is 42.3. The number of amides is 1. The number of carbonyl (C=O) groups is 1. The second-order valence-corrected chi connectivity index (χ2v) is 9.92. The Morgan fingerprint density at radius 2 is 1.39 bits per heavy atom. The van der Waals surface area contributed by atoms with Crippen molar-refractivity contribution in [3.63, 3.8) is 0 Å². The van der Waals surface area contributed by atoms with Gasteiger partial charge in [0.1, 0.15) is 11.6 Å². The number of aromatic nitrogens is 3. The van der Waals surface area contributed by atoms with Gasteiger partial charge in [0.15, 0.2) is 5.82 Å². The molecule has 0 saturated carbocycles. The fourth-order valence-electron chi connectivity index (χ4n) is 4.30. The molecule has 2 aromatic heterocycles. The Morgan fingerprint density at radius 3 is 2.02 bits per heavy atom. The van der Waals surface area contributed by atoms with Crippen LogP contribution < -0.4 is 10.1 Å². The molecular formula is C33H22N6OS. The summed E-state index contributed by atoms with van der Waals surface area (Å²) in [7, 11) is 0. The molecule has 1 amide bonds. The highest BCUT2D eigenvalue weighted by atomic mass is 32.1. The largest absolute Gasteiger partial charge is 0.320 e. The molecule has 6 rings (SSSR count). The number of nitrogens with zero attached hydrogens (tertiary/aromatic N) is 5. The molecule has 7 nitrogen and oxygen atoms in total. The van der Waals surface area contributed by atoms with Crippen LogP contribution in [0.2, 0.25) is 0 Å². The quantitative estimate of drug-likeness (QED) is 0.241. The molecule has 0 aliphatic heterocycles. The van der Waals surface area contributed by atoms with E-state index in [2.05, 4.69) is 16.5 Å². The van der Waals surface area contributed by atoms with Crippen molar-refractivity contribution in [2.75, 3.05) is 5.32 Å². The molecule has 0 saturated heterocycles. The smallest absolute Gasteiger partial charge is 0.286 e. The Kier molecular flexibility index (Phi) is 7.26. The lowest BCUT2D eigenvalue weighted by Gasteiger charge is -2.10. The standard InChI is InChI=1S/C33H22N6OS/c34-22-28-27(23-13-5-1-6-14-23)21-29(24-15-7-2-8-16-24)36-30(28)37-33-39(26-19-11-4-12-20-26)38-32(41-33)31(40)35-25-17-9-3-10-18-25/h1-21H,(H,35,40)/b37-33-. The number of hydrogen-bond donors (Lipinski definition) is 1. The zero-order chi connectivity index (χ0) is 28.0. The van der Waals surface area contributed by atoms with Gasteiger partial charge in [0, 0.05) is 16.8 Å². The van der Waals surface area contributed by atoms with Gasteiger partial charge in [0.2, 0.25) is 9.81 Å². The molecule has 0 atom stereocenters. The zero-order valence-corrected chi connectivity index (χ0v) is 22.5. The molecule has 2 heterocycles. The summed E-state index contributed by atoms with van der Waals surface area (Å²) in [5, 5.41) is 18.0. The van der Waals surface area contributed by atoms with Gasteiger partial charge in [-0.15, -0.1) is 5.10 Å². The van der Waals surface area contributed by atoms with Crippen LogP contribution in [0.4, 0.5) is 11.5 Å². The van der Waals surface area contributed by atoms with E-state index in [1.807, 2.05) is 127 Å². The van der Waals surface area contributed by atoms with Gasteiger partial charge < -0.3 is 5.32 Å². The van der Waals surface area contributed by atoms with Gasteiger partial charge in [-0.25, -0.2) is 9.67 Å². The number of rotatable bonds is 6. The van der Waals surface area contributed by atoms with E-state index in [1.54, 1.807) is 4.68 Å². The first-order valence-electron chi connectivity index (χ1n) is 12.8. The van der Waals surface area contributed by atoms with Crippen LogP contribution in [0.3, 0.4) is 0 Å². The SMILES string of the molecule is N#Cc1c(-c2ccccc2)cc(-c2ccccc2)nc1/N=c1\sc(C(=O)Nc2ccccc2)nn1-c1ccccc1. The molecule has 0 radical (unpaired) electrons. The third-order valence-electron chi connectivity index (χ3n) is 6.25. The summed E-state index contributed by atoms with van der Waals surface area (Å²) in [4.78, 5) is 23.3. The lowest BCUT2D eigenvalue weighted by molar-refractivity contribution is 0.102. The normalized spacial score (nSPS) is 11.1. The van der Waals surface area contributed by atoms with Gasteiger partial charge >= 0.3 is 0 Å². The van der Waals surface area contributed by atoms with E-state index in [4.69, 9.17) is 9.98 Å². The summed E-state index contributed by atoms with van der Waals surface area (Å²) in [5.74, 6) is -0.111. The van der Waals surface area contributed by atoms with Crippen LogP contribution in [0.25, 0.3) is 28.1 Å². The van der Waals surface area contributed by atoms with Gasteiger partial charge in [-0.2, -0.15) is 10.3 Å².